The van der Waals surface area contributed by atoms with Gasteiger partial charge in [0.2, 0.25) is 5.16 Å². The monoisotopic (exact) mass is 329 g/mol. The Bertz CT molecular complexity index is 921. The first kappa shape index (κ1) is 13.9. The van der Waals surface area contributed by atoms with Gasteiger partial charge in [-0.15, -0.1) is 10.2 Å². The smallest absolute Gasteiger partial charge is 0.296 e. The third-order valence-electron chi connectivity index (χ3n) is 3.47. The summed E-state index contributed by atoms with van der Waals surface area (Å²) in [6.45, 7) is 1.62. The highest BCUT2D eigenvalue weighted by molar-refractivity contribution is 7.99. The van der Waals surface area contributed by atoms with Gasteiger partial charge < -0.3 is 10.1 Å². The number of anilines is 1. The normalized spacial score (nSPS) is 15.9. The molecule has 1 aromatic carbocycles. The Morgan fingerprint density at radius 1 is 1.30 bits per heavy atom. The van der Waals surface area contributed by atoms with Crippen molar-refractivity contribution in [3.63, 3.8) is 0 Å². The number of amides is 1. The van der Waals surface area contributed by atoms with E-state index in [4.69, 9.17) is 4.74 Å². The van der Waals surface area contributed by atoms with Crippen LogP contribution in [0.4, 0.5) is 5.69 Å². The number of nitrogens with zero attached hydrogens (tertiary/aromatic N) is 4. The van der Waals surface area contributed by atoms with Crippen molar-refractivity contribution in [2.45, 2.75) is 12.1 Å². The number of aromatic nitrogens is 3. The molecule has 3 heterocycles. The molecule has 0 spiro atoms. The lowest BCUT2D eigenvalue weighted by Gasteiger charge is -2.20. The van der Waals surface area contributed by atoms with Gasteiger partial charge in [-0.05, 0) is 25.1 Å². The van der Waals surface area contributed by atoms with Gasteiger partial charge in [0.15, 0.2) is 6.61 Å². The van der Waals surface area contributed by atoms with Crippen LogP contribution in [-0.4, -0.2) is 38.9 Å². The van der Waals surface area contributed by atoms with E-state index in [9.17, 15) is 9.59 Å². The molecular formula is C14H11N5O3S. The third-order valence-corrected chi connectivity index (χ3v) is 4.40. The number of ether oxygens (including phenoxy) is 1. The molecule has 1 aromatic heterocycles. The molecule has 0 saturated heterocycles. The highest BCUT2D eigenvalue weighted by Gasteiger charge is 2.21. The summed E-state index contributed by atoms with van der Waals surface area (Å²) < 4.78 is 6.60. The SMILES string of the molecule is Cc1nnc2n(c1=O)N=C(c1ccc3c(c1)NC(=O)CO3)CS2. The zero-order valence-corrected chi connectivity index (χ0v) is 12.9. The maximum Gasteiger partial charge on any atom is 0.296 e. The quantitative estimate of drug-likeness (QED) is 0.824. The Kier molecular flexibility index (Phi) is 3.15. The van der Waals surface area contributed by atoms with Crippen LogP contribution in [0.2, 0.25) is 0 Å². The largest absolute Gasteiger partial charge is 0.482 e. The topological polar surface area (TPSA) is 98.5 Å². The van der Waals surface area contributed by atoms with Gasteiger partial charge >= 0.3 is 0 Å². The van der Waals surface area contributed by atoms with Gasteiger partial charge in [-0.1, -0.05) is 11.8 Å². The van der Waals surface area contributed by atoms with Crippen LogP contribution >= 0.6 is 11.8 Å². The number of carbonyl (C=O) groups excluding carboxylic acids is 1. The van der Waals surface area contributed by atoms with Gasteiger partial charge in [-0.3, -0.25) is 9.59 Å². The second-order valence-electron chi connectivity index (χ2n) is 5.07. The van der Waals surface area contributed by atoms with Crippen LogP contribution in [0.15, 0.2) is 33.3 Å². The predicted octanol–water partition coefficient (Wildman–Crippen LogP) is 0.636. The van der Waals surface area contributed by atoms with Crippen LogP contribution in [0.25, 0.3) is 0 Å². The highest BCUT2D eigenvalue weighted by atomic mass is 32.2. The summed E-state index contributed by atoms with van der Waals surface area (Å²) in [6, 6.07) is 5.43. The molecule has 0 saturated carbocycles. The van der Waals surface area contributed by atoms with Crippen LogP contribution < -0.4 is 15.6 Å². The number of rotatable bonds is 1. The molecule has 2 aliphatic heterocycles. The maximum atomic E-state index is 12.1. The van der Waals surface area contributed by atoms with Crippen molar-refractivity contribution in [1.82, 2.24) is 14.9 Å². The summed E-state index contributed by atoms with van der Waals surface area (Å²) in [7, 11) is 0. The highest BCUT2D eigenvalue weighted by Crippen LogP contribution is 2.30. The Morgan fingerprint density at radius 3 is 3.04 bits per heavy atom. The molecule has 0 unspecified atom stereocenters. The second-order valence-corrected chi connectivity index (χ2v) is 6.01. The average Bonchev–Trinajstić information content (AvgIpc) is 2.57. The maximum absolute atomic E-state index is 12.1. The number of nitrogens with one attached hydrogen (secondary N) is 1. The lowest BCUT2D eigenvalue weighted by atomic mass is 10.1. The summed E-state index contributed by atoms with van der Waals surface area (Å²) in [5.74, 6) is 0.990. The molecule has 0 bridgehead atoms. The van der Waals surface area contributed by atoms with E-state index in [1.807, 2.05) is 6.07 Å². The lowest BCUT2D eigenvalue weighted by Crippen LogP contribution is -2.28. The average molecular weight is 329 g/mol. The molecule has 4 rings (SSSR count). The molecule has 0 fully saturated rings. The van der Waals surface area contributed by atoms with Crippen molar-refractivity contribution >= 4 is 29.1 Å². The fourth-order valence-corrected chi connectivity index (χ4v) is 3.14. The molecule has 2 aromatic rings. The standard InChI is InChI=1S/C14H11N5O3S/c1-7-13(21)19-14(17-16-7)23-6-10(18-19)8-2-3-11-9(4-8)15-12(20)5-22-11/h2-4H,5-6H2,1H3,(H,15,20). The molecule has 23 heavy (non-hydrogen) atoms. The first-order valence-corrected chi connectivity index (χ1v) is 7.84. The van der Waals surface area contributed by atoms with Crippen molar-refractivity contribution in [1.29, 1.82) is 0 Å². The van der Waals surface area contributed by atoms with Crippen LogP contribution in [0.1, 0.15) is 11.3 Å². The Balaban J connectivity index is 1.78. The van der Waals surface area contributed by atoms with Crippen LogP contribution in [0.5, 0.6) is 5.75 Å². The number of fused-ring (bicyclic) bond motifs is 2. The van der Waals surface area contributed by atoms with E-state index in [0.717, 1.165) is 11.3 Å². The van der Waals surface area contributed by atoms with Gasteiger partial charge in [0.25, 0.3) is 11.5 Å². The van der Waals surface area contributed by atoms with E-state index in [0.29, 0.717) is 28.0 Å². The molecule has 8 nitrogen and oxygen atoms in total. The van der Waals surface area contributed by atoms with Crippen LogP contribution in [0, 0.1) is 6.92 Å². The molecule has 1 N–H and O–H groups in total. The van der Waals surface area contributed by atoms with E-state index in [1.54, 1.807) is 19.1 Å². The summed E-state index contributed by atoms with van der Waals surface area (Å²) in [4.78, 5) is 23.6. The predicted molar refractivity (Wildman–Crippen MR) is 84.3 cm³/mol. The number of benzene rings is 1. The number of thioether (sulfide) groups is 1. The molecule has 0 aliphatic carbocycles. The first-order valence-electron chi connectivity index (χ1n) is 6.86. The van der Waals surface area contributed by atoms with Crippen molar-refractivity contribution < 1.29 is 9.53 Å². The van der Waals surface area contributed by atoms with Crippen molar-refractivity contribution in [3.8, 4) is 5.75 Å². The van der Waals surface area contributed by atoms with E-state index in [2.05, 4.69) is 20.6 Å². The summed E-state index contributed by atoms with van der Waals surface area (Å²) >= 11 is 1.39. The fraction of sp³-hybridized carbons (Fsp3) is 0.214. The Morgan fingerprint density at radius 2 is 2.17 bits per heavy atom. The number of carbonyl (C=O) groups is 1. The summed E-state index contributed by atoms with van der Waals surface area (Å²) in [5.41, 5.74) is 2.15. The van der Waals surface area contributed by atoms with Gasteiger partial charge in [0, 0.05) is 11.3 Å². The van der Waals surface area contributed by atoms with Gasteiger partial charge in [-0.25, -0.2) is 0 Å². The Hall–Kier alpha value is -2.68. The molecule has 2 aliphatic rings. The fourth-order valence-electron chi connectivity index (χ4n) is 2.31. The molecule has 9 heteroatoms. The van der Waals surface area contributed by atoms with Crippen LogP contribution in [0.3, 0.4) is 0 Å². The minimum Gasteiger partial charge on any atom is -0.482 e. The van der Waals surface area contributed by atoms with E-state index in [-0.39, 0.29) is 18.1 Å². The molecule has 0 atom stereocenters. The van der Waals surface area contributed by atoms with Gasteiger partial charge in [-0.2, -0.15) is 9.78 Å². The molecule has 1 amide bonds. The minimum absolute atomic E-state index is 0.0177. The van der Waals surface area contributed by atoms with E-state index < -0.39 is 0 Å². The lowest BCUT2D eigenvalue weighted by molar-refractivity contribution is -0.118. The Labute approximate surface area is 134 Å². The van der Waals surface area contributed by atoms with Crippen molar-refractivity contribution in [2.24, 2.45) is 5.10 Å². The van der Waals surface area contributed by atoms with Crippen molar-refractivity contribution in [2.75, 3.05) is 17.7 Å². The van der Waals surface area contributed by atoms with E-state index in [1.165, 1.54) is 16.4 Å². The first-order chi connectivity index (χ1) is 11.1. The second kappa shape index (κ2) is 5.20. The molecular weight excluding hydrogens is 318 g/mol. The van der Waals surface area contributed by atoms with Crippen molar-refractivity contribution in [3.05, 3.63) is 39.8 Å². The number of hydrogen-bond acceptors (Lipinski definition) is 7. The minimum atomic E-state index is -0.283. The van der Waals surface area contributed by atoms with Crippen LogP contribution in [-0.2, 0) is 4.79 Å². The van der Waals surface area contributed by atoms with E-state index >= 15 is 0 Å². The zero-order chi connectivity index (χ0) is 16.0. The summed E-state index contributed by atoms with van der Waals surface area (Å²) in [5, 5.41) is 15.4. The van der Waals surface area contributed by atoms with Gasteiger partial charge in [0.05, 0.1) is 11.4 Å². The molecule has 116 valence electrons. The van der Waals surface area contributed by atoms with Gasteiger partial charge in [0.1, 0.15) is 11.4 Å². The summed E-state index contributed by atoms with van der Waals surface area (Å²) in [6.07, 6.45) is 0. The zero-order valence-electron chi connectivity index (χ0n) is 12.1. The number of aryl methyl sites for hydroxylation is 1. The third kappa shape index (κ3) is 2.38. The molecule has 0 radical (unpaired) electrons. The number of hydrogen-bond donors (Lipinski definition) is 1.